The van der Waals surface area contributed by atoms with Gasteiger partial charge in [-0.2, -0.15) is 0 Å². The van der Waals surface area contributed by atoms with Gasteiger partial charge in [0.25, 0.3) is 0 Å². The molecule has 4 nitrogen and oxygen atoms in total. The lowest BCUT2D eigenvalue weighted by atomic mass is 10.1. The summed E-state index contributed by atoms with van der Waals surface area (Å²) in [5, 5.41) is 2.91. The molecule has 0 saturated heterocycles. The highest BCUT2D eigenvalue weighted by molar-refractivity contribution is 6.01. The van der Waals surface area contributed by atoms with Crippen LogP contribution in [0.4, 0.5) is 5.69 Å². The molecule has 2 aromatic carbocycles. The van der Waals surface area contributed by atoms with Gasteiger partial charge in [-0.3, -0.25) is 9.59 Å². The number of hydrogen-bond acceptors (Lipinski definition) is 2. The van der Waals surface area contributed by atoms with Crippen LogP contribution in [0.25, 0.3) is 0 Å². The summed E-state index contributed by atoms with van der Waals surface area (Å²) in [7, 11) is 0. The molecule has 0 bridgehead atoms. The molecular formula is C20H22N2O2. The third kappa shape index (κ3) is 3.82. The minimum atomic E-state index is 0.0236. The van der Waals surface area contributed by atoms with Gasteiger partial charge in [0.15, 0.2) is 0 Å². The summed E-state index contributed by atoms with van der Waals surface area (Å²) in [5.74, 6) is 0.126. The number of fused-ring (bicyclic) bond motifs is 1. The van der Waals surface area contributed by atoms with Crippen molar-refractivity contribution in [3.8, 4) is 0 Å². The molecule has 1 aliphatic heterocycles. The molecule has 2 amide bonds. The lowest BCUT2D eigenvalue weighted by molar-refractivity contribution is -0.121. The summed E-state index contributed by atoms with van der Waals surface area (Å²) in [5.41, 5.74) is 4.42. The fourth-order valence-electron chi connectivity index (χ4n) is 2.97. The molecule has 1 N–H and O–H groups in total. The molecule has 1 aliphatic rings. The van der Waals surface area contributed by atoms with Crippen LogP contribution in [-0.4, -0.2) is 24.9 Å². The average molecular weight is 322 g/mol. The first-order chi connectivity index (χ1) is 11.6. The van der Waals surface area contributed by atoms with Crippen molar-refractivity contribution in [3.05, 3.63) is 65.2 Å². The SMILES string of the molecule is Cc1ccc(CCC(=O)NCCN2C(=O)Cc3ccccc32)cc1. The molecule has 0 atom stereocenters. The Labute approximate surface area is 142 Å². The van der Waals surface area contributed by atoms with Crippen LogP contribution in [0.15, 0.2) is 48.5 Å². The summed E-state index contributed by atoms with van der Waals surface area (Å²) in [6.45, 7) is 3.05. The second-order valence-electron chi connectivity index (χ2n) is 6.19. The zero-order chi connectivity index (χ0) is 16.9. The van der Waals surface area contributed by atoms with Crippen LogP contribution in [0.5, 0.6) is 0 Å². The van der Waals surface area contributed by atoms with E-state index in [-0.39, 0.29) is 11.8 Å². The van der Waals surface area contributed by atoms with Crippen molar-refractivity contribution in [2.45, 2.75) is 26.2 Å². The van der Waals surface area contributed by atoms with Gasteiger partial charge in [-0.1, -0.05) is 48.0 Å². The van der Waals surface area contributed by atoms with Crippen molar-refractivity contribution in [1.29, 1.82) is 0 Å². The van der Waals surface area contributed by atoms with E-state index in [4.69, 9.17) is 0 Å². The van der Waals surface area contributed by atoms with Crippen LogP contribution in [0, 0.1) is 6.92 Å². The number of hydrogen-bond donors (Lipinski definition) is 1. The summed E-state index contributed by atoms with van der Waals surface area (Å²) in [6.07, 6.45) is 1.66. The Hall–Kier alpha value is -2.62. The number of amides is 2. The molecule has 2 aromatic rings. The van der Waals surface area contributed by atoms with Gasteiger partial charge in [-0.25, -0.2) is 0 Å². The van der Waals surface area contributed by atoms with Crippen LogP contribution in [0.3, 0.4) is 0 Å². The van der Waals surface area contributed by atoms with Crippen LogP contribution in [0.1, 0.15) is 23.1 Å². The second kappa shape index (κ2) is 7.30. The van der Waals surface area contributed by atoms with Gasteiger partial charge >= 0.3 is 0 Å². The minimum absolute atomic E-state index is 0.0236. The summed E-state index contributed by atoms with van der Waals surface area (Å²) < 4.78 is 0. The lowest BCUT2D eigenvalue weighted by Crippen LogP contribution is -2.36. The first kappa shape index (κ1) is 16.2. The van der Waals surface area contributed by atoms with E-state index in [0.29, 0.717) is 25.9 Å². The fraction of sp³-hybridized carbons (Fsp3) is 0.300. The maximum Gasteiger partial charge on any atom is 0.231 e. The number of benzene rings is 2. The molecule has 0 spiro atoms. The highest BCUT2D eigenvalue weighted by Gasteiger charge is 2.26. The number of rotatable bonds is 6. The summed E-state index contributed by atoms with van der Waals surface area (Å²) in [4.78, 5) is 25.8. The Balaban J connectivity index is 1.44. The molecule has 0 fully saturated rings. The summed E-state index contributed by atoms with van der Waals surface area (Å²) in [6, 6.07) is 16.1. The zero-order valence-corrected chi connectivity index (χ0v) is 13.9. The number of nitrogens with one attached hydrogen (secondary N) is 1. The van der Waals surface area contributed by atoms with E-state index in [9.17, 15) is 9.59 Å². The summed E-state index contributed by atoms with van der Waals surface area (Å²) >= 11 is 0. The minimum Gasteiger partial charge on any atom is -0.354 e. The van der Waals surface area contributed by atoms with E-state index < -0.39 is 0 Å². The van der Waals surface area contributed by atoms with Gasteiger partial charge in [0.2, 0.25) is 11.8 Å². The smallest absolute Gasteiger partial charge is 0.231 e. The largest absolute Gasteiger partial charge is 0.354 e. The second-order valence-corrected chi connectivity index (χ2v) is 6.19. The number of anilines is 1. The molecule has 0 aromatic heterocycles. The van der Waals surface area contributed by atoms with Gasteiger partial charge < -0.3 is 10.2 Å². The maximum atomic E-state index is 12.1. The third-order valence-corrected chi connectivity index (χ3v) is 4.34. The quantitative estimate of drug-likeness (QED) is 0.889. The number of carbonyl (C=O) groups excluding carboxylic acids is 2. The normalized spacial score (nSPS) is 13.0. The number of carbonyl (C=O) groups is 2. The predicted molar refractivity (Wildman–Crippen MR) is 95.0 cm³/mol. The third-order valence-electron chi connectivity index (χ3n) is 4.34. The first-order valence-corrected chi connectivity index (χ1v) is 8.34. The van der Waals surface area contributed by atoms with Crippen molar-refractivity contribution in [3.63, 3.8) is 0 Å². The molecule has 1 heterocycles. The van der Waals surface area contributed by atoms with Crippen LogP contribution in [0.2, 0.25) is 0 Å². The van der Waals surface area contributed by atoms with E-state index in [0.717, 1.165) is 17.7 Å². The van der Waals surface area contributed by atoms with E-state index in [1.807, 2.05) is 31.2 Å². The van der Waals surface area contributed by atoms with Crippen LogP contribution in [-0.2, 0) is 22.4 Å². The van der Waals surface area contributed by atoms with Crippen molar-refractivity contribution in [2.24, 2.45) is 0 Å². The molecule has 0 radical (unpaired) electrons. The topological polar surface area (TPSA) is 49.4 Å². The average Bonchev–Trinajstić information content (AvgIpc) is 2.90. The Bertz CT molecular complexity index is 738. The van der Waals surface area contributed by atoms with E-state index in [2.05, 4.69) is 29.6 Å². The molecular weight excluding hydrogens is 300 g/mol. The number of para-hydroxylation sites is 1. The number of aryl methyl sites for hydroxylation is 2. The Morgan fingerprint density at radius 2 is 1.88 bits per heavy atom. The first-order valence-electron chi connectivity index (χ1n) is 8.34. The van der Waals surface area contributed by atoms with Crippen molar-refractivity contribution < 1.29 is 9.59 Å². The fourth-order valence-corrected chi connectivity index (χ4v) is 2.97. The van der Waals surface area contributed by atoms with E-state index in [1.54, 1.807) is 4.90 Å². The van der Waals surface area contributed by atoms with Gasteiger partial charge in [0, 0.05) is 25.2 Å². The van der Waals surface area contributed by atoms with Crippen LogP contribution < -0.4 is 10.2 Å². The van der Waals surface area contributed by atoms with Gasteiger partial charge in [0.1, 0.15) is 0 Å². The van der Waals surface area contributed by atoms with E-state index in [1.165, 1.54) is 11.1 Å². The Morgan fingerprint density at radius 3 is 2.67 bits per heavy atom. The monoisotopic (exact) mass is 322 g/mol. The molecule has 3 rings (SSSR count). The molecule has 24 heavy (non-hydrogen) atoms. The van der Waals surface area contributed by atoms with E-state index >= 15 is 0 Å². The number of nitrogens with zero attached hydrogens (tertiary/aromatic N) is 1. The molecule has 0 unspecified atom stereocenters. The molecule has 4 heteroatoms. The molecule has 124 valence electrons. The Morgan fingerprint density at radius 1 is 1.12 bits per heavy atom. The standard InChI is InChI=1S/C20H22N2O2/c1-15-6-8-16(9-7-15)10-11-19(23)21-12-13-22-18-5-3-2-4-17(18)14-20(22)24/h2-9H,10-14H2,1H3,(H,21,23). The van der Waals surface area contributed by atoms with Gasteiger partial charge in [-0.05, 0) is 30.5 Å². The highest BCUT2D eigenvalue weighted by atomic mass is 16.2. The predicted octanol–water partition coefficient (Wildman–Crippen LogP) is 2.63. The van der Waals surface area contributed by atoms with Crippen molar-refractivity contribution in [2.75, 3.05) is 18.0 Å². The Kier molecular flexibility index (Phi) is 4.94. The van der Waals surface area contributed by atoms with Gasteiger partial charge in [0.05, 0.1) is 6.42 Å². The van der Waals surface area contributed by atoms with Crippen LogP contribution >= 0.6 is 0 Å². The molecule has 0 aliphatic carbocycles. The van der Waals surface area contributed by atoms with Crippen molar-refractivity contribution >= 4 is 17.5 Å². The highest BCUT2D eigenvalue weighted by Crippen LogP contribution is 2.27. The van der Waals surface area contributed by atoms with Gasteiger partial charge in [-0.15, -0.1) is 0 Å². The lowest BCUT2D eigenvalue weighted by Gasteiger charge is -2.17. The molecule has 0 saturated carbocycles. The maximum absolute atomic E-state index is 12.1. The van der Waals surface area contributed by atoms with Crippen molar-refractivity contribution in [1.82, 2.24) is 5.32 Å². The zero-order valence-electron chi connectivity index (χ0n) is 13.9.